The molecule has 0 amide bonds. The fourth-order valence-corrected chi connectivity index (χ4v) is 2.52. The van der Waals surface area contributed by atoms with Crippen molar-refractivity contribution >= 4 is 6.08 Å². The lowest BCUT2D eigenvalue weighted by Gasteiger charge is -2.08. The Bertz CT molecular complexity index is 586. The van der Waals surface area contributed by atoms with Crippen molar-refractivity contribution in [3.8, 4) is 11.1 Å². The van der Waals surface area contributed by atoms with Gasteiger partial charge in [-0.3, -0.25) is 0 Å². The van der Waals surface area contributed by atoms with E-state index in [1.54, 1.807) is 0 Å². The van der Waals surface area contributed by atoms with Crippen molar-refractivity contribution in [1.29, 1.82) is 0 Å². The molecule has 0 bridgehead atoms. The highest BCUT2D eigenvalue weighted by atomic mass is 14.2. The standard InChI is InChI=1S/C17H16/c1-12-6-8-14(9-7-12)16-5-3-4-15-10-13(2)11-17(15)16/h3-9,11H,10H2,1-2H3. The minimum atomic E-state index is 1.11. The molecule has 0 unspecified atom stereocenters. The highest BCUT2D eigenvalue weighted by Gasteiger charge is 2.13. The fourth-order valence-electron chi connectivity index (χ4n) is 2.52. The third kappa shape index (κ3) is 1.80. The molecule has 0 saturated carbocycles. The van der Waals surface area contributed by atoms with E-state index in [4.69, 9.17) is 0 Å². The molecule has 2 aromatic rings. The van der Waals surface area contributed by atoms with E-state index in [0.29, 0.717) is 0 Å². The molecule has 0 atom stereocenters. The molecule has 0 N–H and O–H groups in total. The molecule has 0 heterocycles. The number of benzene rings is 2. The van der Waals surface area contributed by atoms with Crippen LogP contribution in [-0.4, -0.2) is 0 Å². The van der Waals surface area contributed by atoms with Crippen LogP contribution in [0.3, 0.4) is 0 Å². The number of rotatable bonds is 1. The van der Waals surface area contributed by atoms with E-state index in [1.165, 1.54) is 33.4 Å². The van der Waals surface area contributed by atoms with Gasteiger partial charge in [0.2, 0.25) is 0 Å². The molecule has 84 valence electrons. The van der Waals surface area contributed by atoms with E-state index in [-0.39, 0.29) is 0 Å². The quantitative estimate of drug-likeness (QED) is 0.657. The van der Waals surface area contributed by atoms with Crippen LogP contribution in [-0.2, 0) is 6.42 Å². The molecule has 1 aliphatic carbocycles. The highest BCUT2D eigenvalue weighted by Crippen LogP contribution is 2.33. The summed E-state index contributed by atoms with van der Waals surface area (Å²) in [5, 5.41) is 0. The van der Waals surface area contributed by atoms with Crippen LogP contribution in [0.1, 0.15) is 23.6 Å². The number of aryl methyl sites for hydroxylation is 1. The Morgan fingerprint density at radius 2 is 1.65 bits per heavy atom. The summed E-state index contributed by atoms with van der Waals surface area (Å²) in [5.74, 6) is 0. The van der Waals surface area contributed by atoms with Crippen molar-refractivity contribution in [2.75, 3.05) is 0 Å². The zero-order chi connectivity index (χ0) is 11.8. The first-order valence-electron chi connectivity index (χ1n) is 6.10. The van der Waals surface area contributed by atoms with Gasteiger partial charge in [-0.15, -0.1) is 0 Å². The number of fused-ring (bicyclic) bond motifs is 1. The van der Waals surface area contributed by atoms with Gasteiger partial charge in [0.15, 0.2) is 0 Å². The number of hydrogen-bond donors (Lipinski definition) is 0. The van der Waals surface area contributed by atoms with Crippen molar-refractivity contribution in [2.45, 2.75) is 20.3 Å². The highest BCUT2D eigenvalue weighted by molar-refractivity contribution is 5.80. The molecule has 0 nitrogen and oxygen atoms in total. The third-order valence-corrected chi connectivity index (χ3v) is 3.42. The lowest BCUT2D eigenvalue weighted by atomic mass is 9.97. The van der Waals surface area contributed by atoms with Crippen LogP contribution in [0.5, 0.6) is 0 Å². The maximum absolute atomic E-state index is 2.32. The maximum Gasteiger partial charge on any atom is -0.00604 e. The summed E-state index contributed by atoms with van der Waals surface area (Å²) in [4.78, 5) is 0. The first-order chi connectivity index (χ1) is 8.24. The van der Waals surface area contributed by atoms with Crippen LogP contribution in [0.2, 0.25) is 0 Å². The second-order valence-corrected chi connectivity index (χ2v) is 4.91. The molecule has 0 radical (unpaired) electrons. The van der Waals surface area contributed by atoms with E-state index in [1.807, 2.05) is 0 Å². The van der Waals surface area contributed by atoms with E-state index in [2.05, 4.69) is 62.4 Å². The summed E-state index contributed by atoms with van der Waals surface area (Å²) < 4.78 is 0. The zero-order valence-corrected chi connectivity index (χ0v) is 10.3. The van der Waals surface area contributed by atoms with Gasteiger partial charge < -0.3 is 0 Å². The monoisotopic (exact) mass is 220 g/mol. The van der Waals surface area contributed by atoms with Gasteiger partial charge in [-0.25, -0.2) is 0 Å². The SMILES string of the molecule is CC1=Cc2c(cccc2-c2ccc(C)cc2)C1. The zero-order valence-electron chi connectivity index (χ0n) is 10.3. The minimum Gasteiger partial charge on any atom is -0.0683 e. The first-order valence-corrected chi connectivity index (χ1v) is 6.10. The molecule has 3 rings (SSSR count). The Balaban J connectivity index is 2.16. The Morgan fingerprint density at radius 1 is 0.882 bits per heavy atom. The molecule has 0 spiro atoms. The van der Waals surface area contributed by atoms with Crippen molar-refractivity contribution in [1.82, 2.24) is 0 Å². The number of allylic oxidation sites excluding steroid dienone is 1. The van der Waals surface area contributed by atoms with Gasteiger partial charge in [-0.2, -0.15) is 0 Å². The van der Waals surface area contributed by atoms with Gasteiger partial charge >= 0.3 is 0 Å². The largest absolute Gasteiger partial charge is 0.0683 e. The summed E-state index contributed by atoms with van der Waals surface area (Å²) in [6.45, 7) is 4.34. The van der Waals surface area contributed by atoms with E-state index in [0.717, 1.165) is 6.42 Å². The normalized spacial score (nSPS) is 13.4. The molecule has 0 fully saturated rings. The van der Waals surface area contributed by atoms with Crippen LogP contribution in [0.4, 0.5) is 0 Å². The van der Waals surface area contributed by atoms with Crippen LogP contribution in [0.15, 0.2) is 48.0 Å². The Hall–Kier alpha value is -1.82. The fraction of sp³-hybridized carbons (Fsp3) is 0.176. The Labute approximate surface area is 103 Å². The van der Waals surface area contributed by atoms with Crippen molar-refractivity contribution in [3.63, 3.8) is 0 Å². The predicted molar refractivity (Wildman–Crippen MR) is 74.0 cm³/mol. The maximum atomic E-state index is 2.32. The van der Waals surface area contributed by atoms with Gasteiger partial charge in [0, 0.05) is 0 Å². The number of hydrogen-bond acceptors (Lipinski definition) is 0. The van der Waals surface area contributed by atoms with Gasteiger partial charge in [-0.1, -0.05) is 59.7 Å². The van der Waals surface area contributed by atoms with Crippen LogP contribution >= 0.6 is 0 Å². The van der Waals surface area contributed by atoms with Crippen molar-refractivity contribution < 1.29 is 0 Å². The molecule has 2 aromatic carbocycles. The first kappa shape index (κ1) is 10.3. The molecule has 0 heteroatoms. The Kier molecular flexibility index (Phi) is 2.36. The molecule has 0 saturated heterocycles. The predicted octanol–water partition coefficient (Wildman–Crippen LogP) is 4.62. The second kappa shape index (κ2) is 3.89. The van der Waals surface area contributed by atoms with Gasteiger partial charge in [0.05, 0.1) is 0 Å². The van der Waals surface area contributed by atoms with Gasteiger partial charge in [0.25, 0.3) is 0 Å². The molecule has 0 aromatic heterocycles. The summed E-state index contributed by atoms with van der Waals surface area (Å²) in [6.07, 6.45) is 3.43. The van der Waals surface area contributed by atoms with Crippen molar-refractivity contribution in [3.05, 3.63) is 64.7 Å². The topological polar surface area (TPSA) is 0 Å². The van der Waals surface area contributed by atoms with Crippen LogP contribution < -0.4 is 0 Å². The van der Waals surface area contributed by atoms with Crippen molar-refractivity contribution in [2.24, 2.45) is 0 Å². The van der Waals surface area contributed by atoms with E-state index < -0.39 is 0 Å². The lowest BCUT2D eigenvalue weighted by Crippen LogP contribution is -1.87. The second-order valence-electron chi connectivity index (χ2n) is 4.91. The smallest absolute Gasteiger partial charge is 0.00604 e. The summed E-state index contributed by atoms with van der Waals surface area (Å²) in [7, 11) is 0. The van der Waals surface area contributed by atoms with E-state index in [9.17, 15) is 0 Å². The molecular formula is C17H16. The molecule has 1 aliphatic rings. The minimum absolute atomic E-state index is 1.11. The summed E-state index contributed by atoms with van der Waals surface area (Å²) in [6, 6.07) is 15.4. The van der Waals surface area contributed by atoms with Gasteiger partial charge in [-0.05, 0) is 42.5 Å². The molecular weight excluding hydrogens is 204 g/mol. The third-order valence-electron chi connectivity index (χ3n) is 3.42. The van der Waals surface area contributed by atoms with Crippen LogP contribution in [0.25, 0.3) is 17.2 Å². The average molecular weight is 220 g/mol. The lowest BCUT2D eigenvalue weighted by molar-refractivity contribution is 1.20. The van der Waals surface area contributed by atoms with Crippen LogP contribution in [0, 0.1) is 6.92 Å². The summed E-state index contributed by atoms with van der Waals surface area (Å²) >= 11 is 0. The molecule has 0 aliphatic heterocycles. The summed E-state index contributed by atoms with van der Waals surface area (Å²) in [5.41, 5.74) is 8.32. The van der Waals surface area contributed by atoms with E-state index >= 15 is 0 Å². The average Bonchev–Trinajstić information content (AvgIpc) is 2.70. The molecule has 17 heavy (non-hydrogen) atoms. The van der Waals surface area contributed by atoms with Gasteiger partial charge in [0.1, 0.15) is 0 Å². The Morgan fingerprint density at radius 3 is 2.41 bits per heavy atom.